The average molecular weight is 421 g/mol. The van der Waals surface area contributed by atoms with Gasteiger partial charge in [-0.15, -0.1) is 0 Å². The molecule has 1 aromatic heterocycles. The van der Waals surface area contributed by atoms with E-state index in [4.69, 9.17) is 21.1 Å². The molecule has 0 saturated carbocycles. The summed E-state index contributed by atoms with van der Waals surface area (Å²) in [7, 11) is 0. The molecule has 8 nitrogen and oxygen atoms in total. The first-order valence-corrected chi connectivity index (χ1v) is 9.58. The number of nitrogens with zero attached hydrogens (tertiary/aromatic N) is 2. The van der Waals surface area contributed by atoms with E-state index in [1.807, 2.05) is 18.4 Å². The number of rotatable bonds is 7. The average Bonchev–Trinajstić information content (AvgIpc) is 3.29. The van der Waals surface area contributed by atoms with E-state index in [2.05, 4.69) is 0 Å². The highest BCUT2D eigenvalue weighted by atomic mass is 35.5. The van der Waals surface area contributed by atoms with Crippen molar-refractivity contribution in [2.75, 3.05) is 13.2 Å². The van der Waals surface area contributed by atoms with Gasteiger partial charge in [-0.05, 0) is 44.9 Å². The molecule has 1 aliphatic rings. The molecule has 2 heterocycles. The number of benzene rings is 1. The molecular formula is C20H21ClN2O6. The van der Waals surface area contributed by atoms with Gasteiger partial charge in [-0.3, -0.25) is 14.9 Å². The number of halogens is 1. The van der Waals surface area contributed by atoms with Gasteiger partial charge in [0.2, 0.25) is 5.78 Å². The van der Waals surface area contributed by atoms with E-state index in [0.717, 1.165) is 36.9 Å². The van der Waals surface area contributed by atoms with Crippen molar-refractivity contribution in [3.63, 3.8) is 0 Å². The Bertz CT molecular complexity index is 962. The second-order valence-electron chi connectivity index (χ2n) is 6.95. The summed E-state index contributed by atoms with van der Waals surface area (Å²) < 4.78 is 12.8. The third kappa shape index (κ3) is 4.65. The second-order valence-corrected chi connectivity index (χ2v) is 7.36. The molecule has 1 fully saturated rings. The molecule has 3 rings (SSSR count). The minimum absolute atomic E-state index is 0.0437. The van der Waals surface area contributed by atoms with Crippen LogP contribution in [0.25, 0.3) is 0 Å². The van der Waals surface area contributed by atoms with Gasteiger partial charge in [-0.2, -0.15) is 0 Å². The van der Waals surface area contributed by atoms with E-state index in [-0.39, 0.29) is 22.5 Å². The first-order valence-electron chi connectivity index (χ1n) is 9.20. The molecule has 1 saturated heterocycles. The van der Waals surface area contributed by atoms with E-state index < -0.39 is 23.2 Å². The van der Waals surface area contributed by atoms with Gasteiger partial charge >= 0.3 is 5.97 Å². The Morgan fingerprint density at radius 3 is 2.76 bits per heavy atom. The lowest BCUT2D eigenvalue weighted by atomic mass is 10.1. The van der Waals surface area contributed by atoms with Gasteiger partial charge in [-0.1, -0.05) is 11.6 Å². The van der Waals surface area contributed by atoms with Crippen LogP contribution in [0, 0.1) is 24.0 Å². The first kappa shape index (κ1) is 21.0. The number of aryl methyl sites for hydroxylation is 1. The van der Waals surface area contributed by atoms with E-state index in [1.165, 1.54) is 12.1 Å². The van der Waals surface area contributed by atoms with Crippen LogP contribution >= 0.6 is 11.6 Å². The summed E-state index contributed by atoms with van der Waals surface area (Å²) in [6, 6.07) is 5.36. The summed E-state index contributed by atoms with van der Waals surface area (Å²) in [5, 5.41) is 10.9. The zero-order chi connectivity index (χ0) is 21.1. The van der Waals surface area contributed by atoms with Crippen LogP contribution in [-0.2, 0) is 16.0 Å². The predicted octanol–water partition coefficient (Wildman–Crippen LogP) is 3.89. The van der Waals surface area contributed by atoms with Crippen LogP contribution < -0.4 is 0 Å². The number of hydrogen-bond donors (Lipinski definition) is 0. The molecule has 0 bridgehead atoms. The van der Waals surface area contributed by atoms with Gasteiger partial charge in [0, 0.05) is 36.2 Å². The number of carbonyl (C=O) groups excluding carboxylic acids is 2. The van der Waals surface area contributed by atoms with E-state index in [0.29, 0.717) is 12.1 Å². The van der Waals surface area contributed by atoms with Crippen molar-refractivity contribution in [2.45, 2.75) is 39.3 Å². The van der Waals surface area contributed by atoms with Crippen LogP contribution in [0.4, 0.5) is 5.69 Å². The number of aromatic nitrogens is 1. The fourth-order valence-corrected chi connectivity index (χ4v) is 3.61. The first-order chi connectivity index (χ1) is 13.8. The largest absolute Gasteiger partial charge is 0.454 e. The molecule has 0 radical (unpaired) electrons. The Labute approximate surface area is 172 Å². The van der Waals surface area contributed by atoms with Crippen LogP contribution in [0.1, 0.15) is 44.9 Å². The van der Waals surface area contributed by atoms with Crippen LogP contribution in [0.3, 0.4) is 0 Å². The van der Waals surface area contributed by atoms with Crippen LogP contribution in [0.15, 0.2) is 24.3 Å². The number of Topliss-reactive ketones (excluding diaryl/α,β-unsaturated/α-hetero) is 1. The van der Waals surface area contributed by atoms with E-state index in [9.17, 15) is 19.7 Å². The lowest BCUT2D eigenvalue weighted by Gasteiger charge is -2.14. The number of nitro benzene ring substituents is 1. The summed E-state index contributed by atoms with van der Waals surface area (Å²) in [5.41, 5.74) is 1.76. The van der Waals surface area contributed by atoms with Crippen LogP contribution in [-0.4, -0.2) is 40.6 Å². The summed E-state index contributed by atoms with van der Waals surface area (Å²) in [5.74, 6) is -1.17. The second kappa shape index (κ2) is 8.75. The maximum atomic E-state index is 12.6. The molecule has 29 heavy (non-hydrogen) atoms. The van der Waals surface area contributed by atoms with Gasteiger partial charge in [0.15, 0.2) is 6.61 Å². The lowest BCUT2D eigenvalue weighted by Crippen LogP contribution is -2.18. The minimum atomic E-state index is -0.828. The third-order valence-corrected chi connectivity index (χ3v) is 5.32. The number of esters is 1. The Balaban J connectivity index is 1.67. The topological polar surface area (TPSA) is 101 Å². The maximum absolute atomic E-state index is 12.6. The number of hydrogen-bond acceptors (Lipinski definition) is 6. The fraction of sp³-hybridized carbons (Fsp3) is 0.400. The summed E-state index contributed by atoms with van der Waals surface area (Å²) >= 11 is 5.74. The molecule has 1 aliphatic heterocycles. The highest BCUT2D eigenvalue weighted by Gasteiger charge is 2.22. The zero-order valence-electron chi connectivity index (χ0n) is 16.1. The summed E-state index contributed by atoms with van der Waals surface area (Å²) in [6.07, 6.45) is 2.17. The van der Waals surface area contributed by atoms with Crippen LogP contribution in [0.2, 0.25) is 5.02 Å². The molecule has 1 aromatic carbocycles. The highest BCUT2D eigenvalue weighted by Crippen LogP contribution is 2.25. The Morgan fingerprint density at radius 2 is 2.10 bits per heavy atom. The maximum Gasteiger partial charge on any atom is 0.338 e. The van der Waals surface area contributed by atoms with Gasteiger partial charge < -0.3 is 14.0 Å². The number of ether oxygens (including phenoxy) is 2. The number of ketones is 1. The smallest absolute Gasteiger partial charge is 0.338 e. The molecule has 1 unspecified atom stereocenters. The van der Waals surface area contributed by atoms with Crippen molar-refractivity contribution in [3.8, 4) is 0 Å². The standard InChI is InChI=1S/C20H21ClN2O6/c1-12-8-16(13(2)22(12)10-15-4-3-7-28-15)19(24)11-29-20(25)14-5-6-17(21)18(9-14)23(26)27/h5-6,8-9,15H,3-4,7,10-11H2,1-2H3. The summed E-state index contributed by atoms with van der Waals surface area (Å²) in [6.45, 7) is 4.74. The molecule has 9 heteroatoms. The molecule has 154 valence electrons. The Morgan fingerprint density at radius 1 is 1.34 bits per heavy atom. The number of carbonyl (C=O) groups is 2. The van der Waals surface area contributed by atoms with Crippen molar-refractivity contribution in [1.29, 1.82) is 0 Å². The third-order valence-electron chi connectivity index (χ3n) is 5.00. The monoisotopic (exact) mass is 420 g/mol. The summed E-state index contributed by atoms with van der Waals surface area (Å²) in [4.78, 5) is 35.0. The molecule has 0 spiro atoms. The fourth-order valence-electron chi connectivity index (χ4n) is 3.43. The van der Waals surface area contributed by atoms with Crippen molar-refractivity contribution in [3.05, 3.63) is 61.9 Å². The molecule has 0 aliphatic carbocycles. The van der Waals surface area contributed by atoms with Crippen LogP contribution in [0.5, 0.6) is 0 Å². The van der Waals surface area contributed by atoms with Gasteiger partial charge in [-0.25, -0.2) is 4.79 Å². The van der Waals surface area contributed by atoms with Crippen molar-refractivity contribution in [1.82, 2.24) is 4.57 Å². The predicted molar refractivity (Wildman–Crippen MR) is 106 cm³/mol. The molecule has 0 amide bonds. The Hall–Kier alpha value is -2.71. The Kier molecular flexibility index (Phi) is 6.34. The minimum Gasteiger partial charge on any atom is -0.454 e. The van der Waals surface area contributed by atoms with Crippen molar-refractivity contribution < 1.29 is 24.0 Å². The van der Waals surface area contributed by atoms with Gasteiger partial charge in [0.25, 0.3) is 5.69 Å². The van der Waals surface area contributed by atoms with Crippen molar-refractivity contribution in [2.24, 2.45) is 0 Å². The normalized spacial score (nSPS) is 16.0. The molecule has 0 N–H and O–H groups in total. The van der Waals surface area contributed by atoms with Gasteiger partial charge in [0.1, 0.15) is 5.02 Å². The quantitative estimate of drug-likeness (QED) is 0.291. The van der Waals surface area contributed by atoms with E-state index >= 15 is 0 Å². The lowest BCUT2D eigenvalue weighted by molar-refractivity contribution is -0.384. The zero-order valence-corrected chi connectivity index (χ0v) is 16.9. The molecule has 1 atom stereocenters. The van der Waals surface area contributed by atoms with E-state index in [1.54, 1.807) is 6.07 Å². The highest BCUT2D eigenvalue weighted by molar-refractivity contribution is 6.32. The number of nitro groups is 1. The SMILES string of the molecule is Cc1cc(C(=O)COC(=O)c2ccc(Cl)c([N+](=O)[O-])c2)c(C)n1CC1CCCO1. The molecule has 2 aromatic rings. The van der Waals surface area contributed by atoms with Crippen molar-refractivity contribution >= 4 is 29.0 Å². The van der Waals surface area contributed by atoms with Gasteiger partial charge in [0.05, 0.1) is 16.6 Å². The molecular weight excluding hydrogens is 400 g/mol.